The molecule has 0 aliphatic carbocycles. The third kappa shape index (κ3) is 4.30. The van der Waals surface area contributed by atoms with Gasteiger partial charge in [0, 0.05) is 36.7 Å². The molecule has 1 amide bonds. The van der Waals surface area contributed by atoms with E-state index in [-0.39, 0.29) is 5.91 Å². The van der Waals surface area contributed by atoms with Crippen molar-refractivity contribution in [3.05, 3.63) is 18.2 Å². The molecular formula is C16H24N2O3S. The molecule has 0 aromatic heterocycles. The van der Waals surface area contributed by atoms with E-state index in [2.05, 4.69) is 5.32 Å². The van der Waals surface area contributed by atoms with Crippen LogP contribution in [-0.4, -0.2) is 57.0 Å². The molecule has 0 saturated carbocycles. The lowest BCUT2D eigenvalue weighted by Crippen LogP contribution is -2.38. The molecule has 0 spiro atoms. The fourth-order valence-corrected chi connectivity index (χ4v) is 3.38. The van der Waals surface area contributed by atoms with E-state index in [9.17, 15) is 4.79 Å². The largest absolute Gasteiger partial charge is 0.493 e. The first-order valence-electron chi connectivity index (χ1n) is 7.47. The Labute approximate surface area is 136 Å². The fourth-order valence-electron chi connectivity index (χ4n) is 2.51. The lowest BCUT2D eigenvalue weighted by atomic mass is 10.2. The van der Waals surface area contributed by atoms with Crippen LogP contribution < -0.4 is 14.8 Å². The Morgan fingerprint density at radius 2 is 2.14 bits per heavy atom. The summed E-state index contributed by atoms with van der Waals surface area (Å²) in [4.78, 5) is 15.1. The monoisotopic (exact) mass is 324 g/mol. The zero-order valence-corrected chi connectivity index (χ0v) is 14.2. The number of methoxy groups -OCH3 is 2. The van der Waals surface area contributed by atoms with Crippen LogP contribution in [0.25, 0.3) is 0 Å². The highest BCUT2D eigenvalue weighted by molar-refractivity contribution is 7.99. The van der Waals surface area contributed by atoms with E-state index in [4.69, 9.17) is 9.47 Å². The molecule has 1 aromatic carbocycles. The predicted octanol–water partition coefficient (Wildman–Crippen LogP) is 2.01. The van der Waals surface area contributed by atoms with E-state index in [1.807, 2.05) is 30.1 Å². The first kappa shape index (κ1) is 17.0. The SMILES string of the molecule is COc1ccc(SCCC(=O)N(C)C2CCNC2)cc1OC. The highest BCUT2D eigenvalue weighted by Crippen LogP contribution is 2.32. The highest BCUT2D eigenvalue weighted by atomic mass is 32.2. The van der Waals surface area contributed by atoms with Crippen molar-refractivity contribution in [2.24, 2.45) is 0 Å². The summed E-state index contributed by atoms with van der Waals surface area (Å²) >= 11 is 1.66. The minimum atomic E-state index is 0.210. The molecule has 1 unspecified atom stereocenters. The number of amides is 1. The van der Waals surface area contributed by atoms with Gasteiger partial charge in [0.2, 0.25) is 5.91 Å². The van der Waals surface area contributed by atoms with Crippen LogP contribution in [0.3, 0.4) is 0 Å². The Morgan fingerprint density at radius 3 is 2.77 bits per heavy atom. The van der Waals surface area contributed by atoms with E-state index >= 15 is 0 Å². The average molecular weight is 324 g/mol. The third-order valence-electron chi connectivity index (χ3n) is 3.92. The summed E-state index contributed by atoms with van der Waals surface area (Å²) in [5.41, 5.74) is 0. The summed E-state index contributed by atoms with van der Waals surface area (Å²) < 4.78 is 10.5. The molecule has 122 valence electrons. The van der Waals surface area contributed by atoms with E-state index in [1.165, 1.54) is 0 Å². The number of likely N-dealkylation sites (N-methyl/N-ethyl adjacent to an activating group) is 1. The first-order chi connectivity index (χ1) is 10.7. The second kappa shape index (κ2) is 8.29. The van der Waals surface area contributed by atoms with Gasteiger partial charge in [-0.2, -0.15) is 0 Å². The molecule has 1 aliphatic rings. The quantitative estimate of drug-likeness (QED) is 0.778. The number of hydrogen-bond acceptors (Lipinski definition) is 5. The molecule has 1 aromatic rings. The molecule has 1 atom stereocenters. The van der Waals surface area contributed by atoms with Crippen molar-refractivity contribution >= 4 is 17.7 Å². The lowest BCUT2D eigenvalue weighted by Gasteiger charge is -2.23. The number of rotatable bonds is 7. The van der Waals surface area contributed by atoms with Gasteiger partial charge in [-0.1, -0.05) is 0 Å². The number of thioether (sulfide) groups is 1. The molecule has 0 radical (unpaired) electrons. The highest BCUT2D eigenvalue weighted by Gasteiger charge is 2.22. The van der Waals surface area contributed by atoms with Crippen LogP contribution in [0.2, 0.25) is 0 Å². The summed E-state index contributed by atoms with van der Waals surface area (Å²) in [6.45, 7) is 1.91. The van der Waals surface area contributed by atoms with E-state index < -0.39 is 0 Å². The van der Waals surface area contributed by atoms with Gasteiger partial charge >= 0.3 is 0 Å². The maximum atomic E-state index is 12.2. The zero-order valence-electron chi connectivity index (χ0n) is 13.4. The van der Waals surface area contributed by atoms with Gasteiger partial charge in [0.15, 0.2) is 11.5 Å². The molecular weight excluding hydrogens is 300 g/mol. The van der Waals surface area contributed by atoms with Crippen LogP contribution >= 0.6 is 11.8 Å². The summed E-state index contributed by atoms with van der Waals surface area (Å²) in [5, 5.41) is 3.29. The van der Waals surface area contributed by atoms with Crippen LogP contribution in [0.1, 0.15) is 12.8 Å². The number of carbonyl (C=O) groups is 1. The van der Waals surface area contributed by atoms with Crippen molar-refractivity contribution in [1.29, 1.82) is 0 Å². The van der Waals surface area contributed by atoms with Crippen molar-refractivity contribution in [1.82, 2.24) is 10.2 Å². The number of hydrogen-bond donors (Lipinski definition) is 1. The Balaban J connectivity index is 1.81. The minimum absolute atomic E-state index is 0.210. The van der Waals surface area contributed by atoms with Gasteiger partial charge < -0.3 is 19.7 Å². The summed E-state index contributed by atoms with van der Waals surface area (Å²) in [6.07, 6.45) is 1.59. The van der Waals surface area contributed by atoms with Gasteiger partial charge in [-0.05, 0) is 31.2 Å². The molecule has 22 heavy (non-hydrogen) atoms. The molecule has 1 saturated heterocycles. The second-order valence-corrected chi connectivity index (χ2v) is 6.43. The van der Waals surface area contributed by atoms with Crippen LogP contribution in [0.15, 0.2) is 23.1 Å². The summed E-state index contributed by atoms with van der Waals surface area (Å²) in [7, 11) is 5.15. The van der Waals surface area contributed by atoms with E-state index in [0.29, 0.717) is 18.2 Å². The van der Waals surface area contributed by atoms with Crippen molar-refractivity contribution in [2.45, 2.75) is 23.8 Å². The maximum absolute atomic E-state index is 12.2. The van der Waals surface area contributed by atoms with Crippen molar-refractivity contribution in [2.75, 3.05) is 40.1 Å². The van der Waals surface area contributed by atoms with E-state index in [0.717, 1.165) is 35.9 Å². The second-order valence-electron chi connectivity index (χ2n) is 5.27. The average Bonchev–Trinajstić information content (AvgIpc) is 3.08. The van der Waals surface area contributed by atoms with Crippen molar-refractivity contribution in [3.8, 4) is 11.5 Å². The Bertz CT molecular complexity index is 504. The number of carbonyl (C=O) groups excluding carboxylic acids is 1. The van der Waals surface area contributed by atoms with Gasteiger partial charge in [-0.3, -0.25) is 4.79 Å². The molecule has 1 N–H and O–H groups in total. The van der Waals surface area contributed by atoms with Gasteiger partial charge in [-0.15, -0.1) is 11.8 Å². The van der Waals surface area contributed by atoms with Crippen molar-refractivity contribution in [3.63, 3.8) is 0 Å². The molecule has 5 nitrogen and oxygen atoms in total. The number of benzene rings is 1. The van der Waals surface area contributed by atoms with Crippen LogP contribution in [0.4, 0.5) is 0 Å². The molecule has 1 aliphatic heterocycles. The smallest absolute Gasteiger partial charge is 0.223 e. The molecule has 1 fully saturated rings. The Morgan fingerprint density at radius 1 is 1.36 bits per heavy atom. The molecule has 0 bridgehead atoms. The fraction of sp³-hybridized carbons (Fsp3) is 0.562. The van der Waals surface area contributed by atoms with Crippen LogP contribution in [0, 0.1) is 0 Å². The first-order valence-corrected chi connectivity index (χ1v) is 8.45. The van der Waals surface area contributed by atoms with Crippen molar-refractivity contribution < 1.29 is 14.3 Å². The van der Waals surface area contributed by atoms with Gasteiger partial charge in [0.25, 0.3) is 0 Å². The van der Waals surface area contributed by atoms with Gasteiger partial charge in [0.1, 0.15) is 0 Å². The predicted molar refractivity (Wildman–Crippen MR) is 88.9 cm³/mol. The lowest BCUT2D eigenvalue weighted by molar-refractivity contribution is -0.131. The summed E-state index contributed by atoms with van der Waals surface area (Å²) in [6, 6.07) is 6.16. The Kier molecular flexibility index (Phi) is 6.39. The summed E-state index contributed by atoms with van der Waals surface area (Å²) in [5.74, 6) is 2.41. The number of nitrogens with zero attached hydrogens (tertiary/aromatic N) is 1. The van der Waals surface area contributed by atoms with Crippen LogP contribution in [0.5, 0.6) is 11.5 Å². The molecule has 2 rings (SSSR count). The standard InChI is InChI=1S/C16H24N2O3S/c1-18(12-6-8-17-11-12)16(19)7-9-22-13-4-5-14(20-2)15(10-13)21-3/h4-5,10,12,17H,6-9,11H2,1-3H3. The molecule has 1 heterocycles. The Hall–Kier alpha value is -1.40. The van der Waals surface area contributed by atoms with Crippen LogP contribution in [-0.2, 0) is 4.79 Å². The zero-order chi connectivity index (χ0) is 15.9. The molecule has 6 heteroatoms. The van der Waals surface area contributed by atoms with Gasteiger partial charge in [-0.25, -0.2) is 0 Å². The number of nitrogens with one attached hydrogen (secondary N) is 1. The van der Waals surface area contributed by atoms with Gasteiger partial charge in [0.05, 0.1) is 14.2 Å². The number of ether oxygens (including phenoxy) is 2. The van der Waals surface area contributed by atoms with E-state index in [1.54, 1.807) is 26.0 Å². The third-order valence-corrected chi connectivity index (χ3v) is 4.91. The normalized spacial score (nSPS) is 17.3. The maximum Gasteiger partial charge on any atom is 0.223 e. The minimum Gasteiger partial charge on any atom is -0.493 e. The topological polar surface area (TPSA) is 50.8 Å².